The van der Waals surface area contributed by atoms with Crippen LogP contribution in [0, 0.1) is 0 Å². The predicted molar refractivity (Wildman–Crippen MR) is 107 cm³/mol. The summed E-state index contributed by atoms with van der Waals surface area (Å²) in [5, 5.41) is 11.6. The molecular weight excluding hydrogens is 412 g/mol. The summed E-state index contributed by atoms with van der Waals surface area (Å²) in [6.45, 7) is 1.60. The Kier molecular flexibility index (Phi) is 6.78. The Morgan fingerprint density at radius 1 is 1.30 bits per heavy atom. The van der Waals surface area contributed by atoms with Crippen LogP contribution in [-0.2, 0) is 23.9 Å². The van der Waals surface area contributed by atoms with Crippen LogP contribution in [0.1, 0.15) is 6.92 Å². The van der Waals surface area contributed by atoms with E-state index in [2.05, 4.69) is 5.32 Å². The molecule has 1 aromatic carbocycles. The Labute approximate surface area is 176 Å². The van der Waals surface area contributed by atoms with Gasteiger partial charge in [0, 0.05) is 11.8 Å². The number of hydrogen-bond donors (Lipinski definition) is 2. The Hall–Kier alpha value is -3.27. The number of carboxylic acid groups (broad SMARTS) is 1. The summed E-state index contributed by atoms with van der Waals surface area (Å²) < 4.78 is 10.1. The molecule has 1 fully saturated rings. The van der Waals surface area contributed by atoms with Gasteiger partial charge in [-0.15, -0.1) is 11.8 Å². The molecule has 2 aliphatic heterocycles. The molecule has 10 heteroatoms. The molecule has 0 spiro atoms. The van der Waals surface area contributed by atoms with Crippen molar-refractivity contribution in [1.82, 2.24) is 10.2 Å². The highest BCUT2D eigenvalue weighted by atomic mass is 32.2. The molecule has 9 nitrogen and oxygen atoms in total. The van der Waals surface area contributed by atoms with Gasteiger partial charge in [-0.2, -0.15) is 0 Å². The Balaban J connectivity index is 1.64. The molecule has 1 unspecified atom stereocenters. The van der Waals surface area contributed by atoms with Crippen molar-refractivity contribution in [3.63, 3.8) is 0 Å². The van der Waals surface area contributed by atoms with Gasteiger partial charge in [0.05, 0.1) is 6.61 Å². The number of ether oxygens (including phenoxy) is 2. The van der Waals surface area contributed by atoms with Crippen LogP contribution in [0.4, 0.5) is 0 Å². The highest BCUT2D eigenvalue weighted by molar-refractivity contribution is 8.00. The molecule has 30 heavy (non-hydrogen) atoms. The maximum atomic E-state index is 12.6. The average Bonchev–Trinajstić information content (AvgIpc) is 2.74. The van der Waals surface area contributed by atoms with Crippen molar-refractivity contribution in [3.05, 3.63) is 53.8 Å². The van der Waals surface area contributed by atoms with Crippen LogP contribution >= 0.6 is 11.8 Å². The number of aliphatic carboxylic acids is 1. The van der Waals surface area contributed by atoms with Gasteiger partial charge >= 0.3 is 11.9 Å². The van der Waals surface area contributed by atoms with Gasteiger partial charge in [0.1, 0.15) is 22.9 Å². The van der Waals surface area contributed by atoms with Crippen molar-refractivity contribution < 1.29 is 33.8 Å². The molecule has 2 heterocycles. The van der Waals surface area contributed by atoms with Crippen LogP contribution in [0.2, 0.25) is 0 Å². The molecule has 2 atom stereocenters. The van der Waals surface area contributed by atoms with E-state index in [4.69, 9.17) is 9.47 Å². The number of fused-ring (bicyclic) bond motifs is 1. The van der Waals surface area contributed by atoms with Crippen LogP contribution in [0.5, 0.6) is 5.75 Å². The largest absolute Gasteiger partial charge is 0.484 e. The molecule has 0 radical (unpaired) electrons. The molecule has 2 amide bonds. The van der Waals surface area contributed by atoms with Gasteiger partial charge in [-0.05, 0) is 30.7 Å². The second-order valence-electron chi connectivity index (χ2n) is 6.32. The number of thioether (sulfide) groups is 1. The van der Waals surface area contributed by atoms with E-state index in [-0.39, 0.29) is 24.7 Å². The van der Waals surface area contributed by atoms with Gasteiger partial charge in [-0.3, -0.25) is 14.5 Å². The number of β-lactam (4-membered cyclic amide) rings is 1. The molecule has 1 saturated heterocycles. The number of carbonyl (C=O) groups is 4. The Bertz CT molecular complexity index is 913. The molecule has 2 aliphatic rings. The van der Waals surface area contributed by atoms with E-state index in [1.165, 1.54) is 17.8 Å². The lowest BCUT2D eigenvalue weighted by atomic mass is 10.0. The van der Waals surface area contributed by atoms with E-state index in [0.29, 0.717) is 11.3 Å². The van der Waals surface area contributed by atoms with E-state index in [1.54, 1.807) is 31.2 Å². The van der Waals surface area contributed by atoms with Gasteiger partial charge in [0.15, 0.2) is 6.61 Å². The smallest absolute Gasteiger partial charge is 0.352 e. The van der Waals surface area contributed by atoms with E-state index in [0.717, 1.165) is 11.0 Å². The number of hydrogen-bond acceptors (Lipinski definition) is 7. The number of nitrogens with one attached hydrogen (secondary N) is 1. The first-order valence-corrected chi connectivity index (χ1v) is 10.2. The first-order valence-electron chi connectivity index (χ1n) is 9.15. The van der Waals surface area contributed by atoms with Crippen molar-refractivity contribution in [2.75, 3.05) is 19.0 Å². The number of allylic oxidation sites excluding steroid dienone is 1. The van der Waals surface area contributed by atoms with Crippen molar-refractivity contribution >= 4 is 35.5 Å². The van der Waals surface area contributed by atoms with Crippen LogP contribution in [0.25, 0.3) is 0 Å². The second-order valence-corrected chi connectivity index (χ2v) is 7.43. The van der Waals surface area contributed by atoms with Gasteiger partial charge in [0.2, 0.25) is 0 Å². The van der Waals surface area contributed by atoms with E-state index in [1.807, 2.05) is 6.07 Å². The van der Waals surface area contributed by atoms with Gasteiger partial charge in [-0.25, -0.2) is 9.59 Å². The number of rotatable bonds is 8. The monoisotopic (exact) mass is 432 g/mol. The standard InChI is InChI=1S/C20H20N2O7S/c1-2-28-15(24)9-8-12-11-30-19-16(18(25)22(19)17(12)20(26)27)21-14(23)10-29-13-6-4-3-5-7-13/h3-9,16,19H,2,10-11H2,1H3,(H,21,23)(H,26,27)/b9-8+/t16?,19-/m1/s1. The zero-order valence-electron chi connectivity index (χ0n) is 16.1. The van der Waals surface area contributed by atoms with E-state index in [9.17, 15) is 24.3 Å². The number of carboxylic acids is 1. The minimum Gasteiger partial charge on any atom is -0.484 e. The number of nitrogens with zero attached hydrogens (tertiary/aromatic N) is 1. The SMILES string of the molecule is CCOC(=O)/C=C/C1=C(C(=O)O)N2C(=O)C(NC(=O)COc3ccccc3)[C@H]2SC1. The van der Waals surface area contributed by atoms with E-state index >= 15 is 0 Å². The molecule has 1 aromatic rings. The molecular formula is C20H20N2O7S. The summed E-state index contributed by atoms with van der Waals surface area (Å²) in [6.07, 6.45) is 2.48. The van der Waals surface area contributed by atoms with Crippen LogP contribution in [0.3, 0.4) is 0 Å². The molecule has 3 rings (SSSR count). The molecule has 2 N–H and O–H groups in total. The number of carbonyl (C=O) groups excluding carboxylic acids is 3. The number of para-hydroxylation sites is 1. The normalized spacial score (nSPS) is 20.4. The highest BCUT2D eigenvalue weighted by Crippen LogP contribution is 2.40. The summed E-state index contributed by atoms with van der Waals surface area (Å²) in [5.41, 5.74) is 0.123. The van der Waals surface area contributed by atoms with Crippen molar-refractivity contribution in [1.29, 1.82) is 0 Å². The Morgan fingerprint density at radius 2 is 2.03 bits per heavy atom. The fourth-order valence-electron chi connectivity index (χ4n) is 3.01. The third-order valence-corrected chi connectivity index (χ3v) is 5.64. The Morgan fingerprint density at radius 3 is 2.70 bits per heavy atom. The fraction of sp³-hybridized carbons (Fsp3) is 0.300. The average molecular weight is 432 g/mol. The summed E-state index contributed by atoms with van der Waals surface area (Å²) in [7, 11) is 0. The molecule has 0 aliphatic carbocycles. The van der Waals surface area contributed by atoms with Crippen molar-refractivity contribution in [2.45, 2.75) is 18.3 Å². The zero-order chi connectivity index (χ0) is 21.7. The third-order valence-electron chi connectivity index (χ3n) is 4.34. The summed E-state index contributed by atoms with van der Waals surface area (Å²) in [6, 6.07) is 7.93. The van der Waals surface area contributed by atoms with Gasteiger partial charge in [0.25, 0.3) is 11.8 Å². The summed E-state index contributed by atoms with van der Waals surface area (Å²) in [4.78, 5) is 49.1. The quantitative estimate of drug-likeness (QED) is 0.353. The highest BCUT2D eigenvalue weighted by Gasteiger charge is 2.53. The van der Waals surface area contributed by atoms with Gasteiger partial charge < -0.3 is 19.9 Å². The van der Waals surface area contributed by atoms with Crippen molar-refractivity contribution in [2.24, 2.45) is 0 Å². The molecule has 0 aromatic heterocycles. The maximum absolute atomic E-state index is 12.6. The lowest BCUT2D eigenvalue weighted by Crippen LogP contribution is -2.70. The number of benzene rings is 1. The summed E-state index contributed by atoms with van der Waals surface area (Å²) in [5.74, 6) is -2.10. The third kappa shape index (κ3) is 4.65. The van der Waals surface area contributed by atoms with Crippen LogP contribution in [0.15, 0.2) is 53.8 Å². The lowest BCUT2D eigenvalue weighted by molar-refractivity contribution is -0.150. The number of amides is 2. The molecule has 0 bridgehead atoms. The zero-order valence-corrected chi connectivity index (χ0v) is 16.9. The minimum absolute atomic E-state index is 0.199. The first-order chi connectivity index (χ1) is 14.4. The second kappa shape index (κ2) is 9.49. The van der Waals surface area contributed by atoms with Crippen LogP contribution in [-0.4, -0.2) is 64.1 Å². The van der Waals surface area contributed by atoms with Crippen molar-refractivity contribution in [3.8, 4) is 5.75 Å². The first kappa shape index (κ1) is 21.4. The maximum Gasteiger partial charge on any atom is 0.352 e. The van der Waals surface area contributed by atoms with Crippen LogP contribution < -0.4 is 10.1 Å². The lowest BCUT2D eigenvalue weighted by Gasteiger charge is -2.49. The summed E-state index contributed by atoms with van der Waals surface area (Å²) >= 11 is 1.30. The fourth-order valence-corrected chi connectivity index (χ4v) is 4.33. The predicted octanol–water partition coefficient (Wildman–Crippen LogP) is 0.923. The topological polar surface area (TPSA) is 122 Å². The molecule has 0 saturated carbocycles. The molecule has 158 valence electrons. The van der Waals surface area contributed by atoms with E-state index < -0.39 is 35.2 Å². The van der Waals surface area contributed by atoms with Gasteiger partial charge in [-0.1, -0.05) is 18.2 Å². The minimum atomic E-state index is -1.28. The number of esters is 1.